The van der Waals surface area contributed by atoms with Crippen LogP contribution in [0.15, 0.2) is 24.4 Å². The minimum absolute atomic E-state index is 0.0553. The van der Waals surface area contributed by atoms with Gasteiger partial charge in [0.1, 0.15) is 0 Å². The van der Waals surface area contributed by atoms with Gasteiger partial charge in [-0.2, -0.15) is 5.10 Å². The van der Waals surface area contributed by atoms with Gasteiger partial charge >= 0.3 is 0 Å². The third kappa shape index (κ3) is 3.90. The smallest absolute Gasteiger partial charge is 0.221 e. The van der Waals surface area contributed by atoms with E-state index in [0.29, 0.717) is 12.0 Å². The molecule has 28 heavy (non-hydrogen) atoms. The van der Waals surface area contributed by atoms with Crippen molar-refractivity contribution in [1.29, 1.82) is 0 Å². The number of hydrogen-bond acceptors (Lipinski definition) is 5. The lowest BCUT2D eigenvalue weighted by Crippen LogP contribution is -2.41. The molecule has 0 spiro atoms. The van der Waals surface area contributed by atoms with Crippen molar-refractivity contribution >= 4 is 17.4 Å². The van der Waals surface area contributed by atoms with Crippen LogP contribution in [0.3, 0.4) is 0 Å². The second-order valence-electron chi connectivity index (χ2n) is 8.17. The largest absolute Gasteiger partial charge is 0.350 e. The molecule has 0 aliphatic carbocycles. The molecule has 2 aromatic heterocycles. The van der Waals surface area contributed by atoms with Gasteiger partial charge < -0.3 is 10.2 Å². The van der Waals surface area contributed by atoms with Crippen molar-refractivity contribution in [1.82, 2.24) is 19.7 Å². The van der Waals surface area contributed by atoms with Crippen molar-refractivity contribution in [2.24, 2.45) is 13.0 Å². The van der Waals surface area contributed by atoms with Crippen LogP contribution in [0, 0.1) is 12.8 Å². The van der Waals surface area contributed by atoms with E-state index in [1.54, 1.807) is 6.92 Å². The summed E-state index contributed by atoms with van der Waals surface area (Å²) in [6.45, 7) is 7.64. The summed E-state index contributed by atoms with van der Waals surface area (Å²) in [6, 6.07) is 6.45. The first-order chi connectivity index (χ1) is 13.5. The van der Waals surface area contributed by atoms with E-state index in [4.69, 9.17) is 0 Å². The Morgan fingerprint density at radius 3 is 2.93 bits per heavy atom. The number of likely N-dealkylation sites (tertiary alicyclic amines) is 1. The van der Waals surface area contributed by atoms with Crippen molar-refractivity contribution in [3.05, 3.63) is 35.8 Å². The van der Waals surface area contributed by atoms with E-state index in [9.17, 15) is 4.79 Å². The predicted octanol–water partition coefficient (Wildman–Crippen LogP) is 2.57. The van der Waals surface area contributed by atoms with Crippen LogP contribution in [-0.4, -0.2) is 51.2 Å². The number of carbonyl (C=O) groups excluding carboxylic acids is 1. The Hall–Kier alpha value is -2.41. The molecule has 4 heterocycles. The SMILES string of the molecule is CC(=O)Nc1cccnc1N1CCCC[C@@H]2CN(Cc3cc(C)nn3C)C[C@@H]21. The number of anilines is 2. The first-order valence-corrected chi connectivity index (χ1v) is 10.2. The molecule has 2 atom stereocenters. The molecule has 7 heteroatoms. The molecule has 150 valence electrons. The van der Waals surface area contributed by atoms with Gasteiger partial charge in [0, 0.05) is 52.4 Å². The van der Waals surface area contributed by atoms with Crippen LogP contribution in [0.4, 0.5) is 11.5 Å². The van der Waals surface area contributed by atoms with Gasteiger partial charge in [0.2, 0.25) is 5.91 Å². The Morgan fingerprint density at radius 2 is 2.18 bits per heavy atom. The Morgan fingerprint density at radius 1 is 1.32 bits per heavy atom. The minimum atomic E-state index is -0.0553. The summed E-state index contributed by atoms with van der Waals surface area (Å²) >= 11 is 0. The molecule has 0 unspecified atom stereocenters. The van der Waals surface area contributed by atoms with Gasteiger partial charge in [0.25, 0.3) is 0 Å². The van der Waals surface area contributed by atoms with Crippen LogP contribution in [0.2, 0.25) is 0 Å². The molecule has 0 saturated carbocycles. The van der Waals surface area contributed by atoms with Crippen molar-refractivity contribution in [2.75, 3.05) is 29.9 Å². The summed E-state index contributed by atoms with van der Waals surface area (Å²) in [5.41, 5.74) is 3.15. The Labute approximate surface area is 166 Å². The number of nitrogens with one attached hydrogen (secondary N) is 1. The number of rotatable bonds is 4. The van der Waals surface area contributed by atoms with Crippen LogP contribution in [0.5, 0.6) is 0 Å². The molecule has 0 aromatic carbocycles. The first-order valence-electron chi connectivity index (χ1n) is 10.2. The summed E-state index contributed by atoms with van der Waals surface area (Å²) in [5.74, 6) is 1.48. The zero-order valence-electron chi connectivity index (χ0n) is 17.1. The zero-order valence-corrected chi connectivity index (χ0v) is 17.1. The van der Waals surface area contributed by atoms with Gasteiger partial charge in [-0.15, -0.1) is 0 Å². The van der Waals surface area contributed by atoms with Gasteiger partial charge in [-0.05, 0) is 43.9 Å². The van der Waals surface area contributed by atoms with Crippen LogP contribution < -0.4 is 10.2 Å². The maximum atomic E-state index is 11.7. The highest BCUT2D eigenvalue weighted by Gasteiger charge is 2.39. The molecule has 2 fully saturated rings. The topological polar surface area (TPSA) is 66.3 Å². The molecule has 2 saturated heterocycles. The fourth-order valence-electron chi connectivity index (χ4n) is 4.78. The zero-order chi connectivity index (χ0) is 19.7. The summed E-state index contributed by atoms with van der Waals surface area (Å²) in [4.78, 5) is 21.3. The number of aromatic nitrogens is 3. The monoisotopic (exact) mass is 382 g/mol. The molecular formula is C21H30N6O. The molecule has 1 N–H and O–H groups in total. The Bertz CT molecular complexity index is 847. The normalized spacial score (nSPS) is 22.8. The van der Waals surface area contributed by atoms with Crippen LogP contribution in [0.1, 0.15) is 37.6 Å². The average Bonchev–Trinajstić information content (AvgIpc) is 3.11. The third-order valence-electron chi connectivity index (χ3n) is 5.96. The maximum Gasteiger partial charge on any atom is 0.221 e. The lowest BCUT2D eigenvalue weighted by molar-refractivity contribution is -0.114. The maximum absolute atomic E-state index is 11.7. The van der Waals surface area contributed by atoms with Gasteiger partial charge in [-0.3, -0.25) is 14.4 Å². The first kappa shape index (κ1) is 18.9. The van der Waals surface area contributed by atoms with E-state index in [1.807, 2.05) is 37.0 Å². The fourth-order valence-corrected chi connectivity index (χ4v) is 4.78. The number of aryl methyl sites for hydroxylation is 2. The molecule has 2 aliphatic rings. The highest BCUT2D eigenvalue weighted by atomic mass is 16.1. The summed E-state index contributed by atoms with van der Waals surface area (Å²) in [6.07, 6.45) is 5.50. The standard InChI is InChI=1S/C21H30N6O/c1-15-11-18(25(3)24-15)13-26-12-17-7-4-5-10-27(20(17)14-26)21-19(23-16(2)28)8-6-9-22-21/h6,8-9,11,17,20H,4-5,7,10,12-14H2,1-3H3,(H,23,28)/t17-,20+/m1/s1. The number of fused-ring (bicyclic) bond motifs is 1. The van der Waals surface area contributed by atoms with E-state index >= 15 is 0 Å². The van der Waals surface area contributed by atoms with E-state index in [1.165, 1.54) is 25.0 Å². The molecule has 0 bridgehead atoms. The van der Waals surface area contributed by atoms with Crippen LogP contribution in [-0.2, 0) is 18.4 Å². The quantitative estimate of drug-likeness (QED) is 0.880. The molecule has 4 rings (SSSR count). The van der Waals surface area contributed by atoms with E-state index < -0.39 is 0 Å². The highest BCUT2D eigenvalue weighted by Crippen LogP contribution is 2.35. The van der Waals surface area contributed by atoms with Crippen molar-refractivity contribution in [3.63, 3.8) is 0 Å². The summed E-state index contributed by atoms with van der Waals surface area (Å²) in [5, 5.41) is 7.45. The second-order valence-corrected chi connectivity index (χ2v) is 8.17. The van der Waals surface area contributed by atoms with Gasteiger partial charge in [-0.1, -0.05) is 6.42 Å². The predicted molar refractivity (Wildman–Crippen MR) is 110 cm³/mol. The van der Waals surface area contributed by atoms with Gasteiger partial charge in [-0.25, -0.2) is 4.98 Å². The highest BCUT2D eigenvalue weighted by molar-refractivity contribution is 5.92. The van der Waals surface area contributed by atoms with Crippen molar-refractivity contribution in [2.45, 2.75) is 45.7 Å². The van der Waals surface area contributed by atoms with Crippen molar-refractivity contribution < 1.29 is 4.79 Å². The number of hydrogen-bond donors (Lipinski definition) is 1. The fraction of sp³-hybridized carbons (Fsp3) is 0.571. The summed E-state index contributed by atoms with van der Waals surface area (Å²) < 4.78 is 1.99. The average molecular weight is 383 g/mol. The number of carbonyl (C=O) groups is 1. The van der Waals surface area contributed by atoms with Gasteiger partial charge in [0.05, 0.1) is 17.1 Å². The van der Waals surface area contributed by atoms with E-state index in [-0.39, 0.29) is 5.91 Å². The number of pyridine rings is 1. The van der Waals surface area contributed by atoms with Crippen LogP contribution in [0.25, 0.3) is 0 Å². The molecule has 7 nitrogen and oxygen atoms in total. The lowest BCUT2D eigenvalue weighted by Gasteiger charge is -2.32. The van der Waals surface area contributed by atoms with E-state index in [0.717, 1.165) is 43.4 Å². The molecular weight excluding hydrogens is 352 g/mol. The Balaban J connectivity index is 1.56. The summed E-state index contributed by atoms with van der Waals surface area (Å²) in [7, 11) is 2.02. The van der Waals surface area contributed by atoms with Gasteiger partial charge in [0.15, 0.2) is 5.82 Å². The third-order valence-corrected chi connectivity index (χ3v) is 5.96. The number of nitrogens with zero attached hydrogens (tertiary/aromatic N) is 5. The molecule has 1 amide bonds. The lowest BCUT2D eigenvalue weighted by atomic mass is 9.98. The molecule has 0 radical (unpaired) electrons. The second kappa shape index (κ2) is 7.91. The molecule has 2 aromatic rings. The minimum Gasteiger partial charge on any atom is -0.350 e. The van der Waals surface area contributed by atoms with Crippen molar-refractivity contribution in [3.8, 4) is 0 Å². The molecule has 2 aliphatic heterocycles. The van der Waals surface area contributed by atoms with E-state index in [2.05, 4.69) is 31.3 Å². The number of amides is 1. The Kier molecular flexibility index (Phi) is 5.35. The van der Waals surface area contributed by atoms with Crippen LogP contribution >= 0.6 is 0 Å².